The molecule has 108 valence electrons. The van der Waals surface area contributed by atoms with Crippen molar-refractivity contribution in [3.05, 3.63) is 24.3 Å². The molecule has 0 saturated heterocycles. The van der Waals surface area contributed by atoms with Crippen LogP contribution in [0.4, 0.5) is 0 Å². The van der Waals surface area contributed by atoms with Gasteiger partial charge in [-0.05, 0) is 19.3 Å². The van der Waals surface area contributed by atoms with Gasteiger partial charge in [-0.3, -0.25) is 0 Å². The predicted molar refractivity (Wildman–Crippen MR) is 74.1 cm³/mol. The first kappa shape index (κ1) is 17.4. The molecule has 4 heteroatoms. The highest BCUT2D eigenvalue weighted by molar-refractivity contribution is 5.88. The van der Waals surface area contributed by atoms with Crippen LogP contribution in [0.2, 0.25) is 0 Å². The van der Waals surface area contributed by atoms with Crippen LogP contribution in [0.1, 0.15) is 52.9 Å². The van der Waals surface area contributed by atoms with Gasteiger partial charge in [-0.2, -0.15) is 0 Å². The molecule has 0 aromatic heterocycles. The Kier molecular flexibility index (Phi) is 9.49. The van der Waals surface area contributed by atoms with E-state index in [0.29, 0.717) is 11.5 Å². The van der Waals surface area contributed by atoms with Crippen molar-refractivity contribution in [3.8, 4) is 0 Å². The summed E-state index contributed by atoms with van der Waals surface area (Å²) in [5.74, 6) is -0.838. The summed E-state index contributed by atoms with van der Waals surface area (Å²) in [4.78, 5) is 30.8. The van der Waals surface area contributed by atoms with E-state index in [1.807, 2.05) is 6.08 Å². The third-order valence-electron chi connectivity index (χ3n) is 2.99. The van der Waals surface area contributed by atoms with E-state index < -0.39 is 11.9 Å². The van der Waals surface area contributed by atoms with Crippen LogP contribution in [0, 0.1) is 5.92 Å². The first-order valence-electron chi connectivity index (χ1n) is 6.77. The molecule has 0 aromatic carbocycles. The summed E-state index contributed by atoms with van der Waals surface area (Å²) in [5.41, 5.74) is 0.451. The lowest BCUT2D eigenvalue weighted by Crippen LogP contribution is -2.10. The van der Waals surface area contributed by atoms with Gasteiger partial charge in [-0.15, -0.1) is 0 Å². The highest BCUT2D eigenvalue weighted by Crippen LogP contribution is 2.18. The fraction of sp³-hybridized carbons (Fsp3) is 0.600. The molecule has 0 spiro atoms. The molecule has 0 saturated carbocycles. The minimum absolute atomic E-state index is 0.451. The Morgan fingerprint density at radius 3 is 2.47 bits per heavy atom. The molecule has 0 rings (SSSR count). The Morgan fingerprint density at radius 1 is 1.26 bits per heavy atom. The molecule has 0 fully saturated rings. The predicted octanol–water partition coefficient (Wildman–Crippen LogP) is 3.73. The fourth-order valence-corrected chi connectivity index (χ4v) is 1.59. The molecule has 0 N–H and O–H groups in total. The van der Waals surface area contributed by atoms with Crippen molar-refractivity contribution in [1.29, 1.82) is 0 Å². The molecule has 19 heavy (non-hydrogen) atoms. The SMILES string of the molecule is C=CC(=O)OOC(=O)/C(C)=C/CC(CC)CCCC. The van der Waals surface area contributed by atoms with Crippen molar-refractivity contribution in [2.45, 2.75) is 52.9 Å². The number of hydrogen-bond acceptors (Lipinski definition) is 4. The summed E-state index contributed by atoms with van der Waals surface area (Å²) >= 11 is 0. The van der Waals surface area contributed by atoms with Crippen LogP contribution in [0.5, 0.6) is 0 Å². The van der Waals surface area contributed by atoms with Gasteiger partial charge in [-0.1, -0.05) is 52.2 Å². The molecule has 1 unspecified atom stereocenters. The van der Waals surface area contributed by atoms with Gasteiger partial charge in [0.25, 0.3) is 0 Å². The maximum absolute atomic E-state index is 11.5. The monoisotopic (exact) mass is 268 g/mol. The van der Waals surface area contributed by atoms with E-state index in [-0.39, 0.29) is 0 Å². The first-order valence-corrected chi connectivity index (χ1v) is 6.77. The second-order valence-corrected chi connectivity index (χ2v) is 4.52. The second-order valence-electron chi connectivity index (χ2n) is 4.52. The lowest BCUT2D eigenvalue weighted by atomic mass is 9.95. The minimum Gasteiger partial charge on any atom is -0.242 e. The number of unbranched alkanes of at least 4 members (excludes halogenated alkanes) is 1. The lowest BCUT2D eigenvalue weighted by molar-refractivity contribution is -0.251. The van der Waals surface area contributed by atoms with Crippen LogP contribution < -0.4 is 0 Å². The minimum atomic E-state index is -0.782. The Balaban J connectivity index is 4.18. The van der Waals surface area contributed by atoms with E-state index in [2.05, 4.69) is 30.2 Å². The van der Waals surface area contributed by atoms with Crippen LogP contribution in [-0.2, 0) is 19.4 Å². The van der Waals surface area contributed by atoms with Crippen molar-refractivity contribution in [2.24, 2.45) is 5.92 Å². The molecule has 0 aliphatic carbocycles. The van der Waals surface area contributed by atoms with E-state index in [1.165, 1.54) is 12.8 Å². The van der Waals surface area contributed by atoms with Crippen LogP contribution in [0.25, 0.3) is 0 Å². The van der Waals surface area contributed by atoms with Crippen LogP contribution >= 0.6 is 0 Å². The zero-order valence-corrected chi connectivity index (χ0v) is 12.1. The molecule has 0 aromatic rings. The van der Waals surface area contributed by atoms with E-state index in [9.17, 15) is 9.59 Å². The average Bonchev–Trinajstić information content (AvgIpc) is 2.44. The van der Waals surface area contributed by atoms with Gasteiger partial charge in [0.15, 0.2) is 0 Å². The molecule has 1 atom stereocenters. The van der Waals surface area contributed by atoms with Crippen LogP contribution in [0.15, 0.2) is 24.3 Å². The zero-order chi connectivity index (χ0) is 14.7. The van der Waals surface area contributed by atoms with E-state index >= 15 is 0 Å². The molecule has 0 amide bonds. The number of carbonyl (C=O) groups is 2. The van der Waals surface area contributed by atoms with Crippen molar-refractivity contribution in [2.75, 3.05) is 0 Å². The summed E-state index contributed by atoms with van der Waals surface area (Å²) in [6.07, 6.45) is 8.25. The Morgan fingerprint density at radius 2 is 1.95 bits per heavy atom. The van der Waals surface area contributed by atoms with E-state index in [1.54, 1.807) is 6.92 Å². The quantitative estimate of drug-likeness (QED) is 0.382. The fourth-order valence-electron chi connectivity index (χ4n) is 1.59. The number of carbonyl (C=O) groups excluding carboxylic acids is 2. The number of hydrogen-bond donors (Lipinski definition) is 0. The smallest absolute Gasteiger partial charge is 0.242 e. The summed E-state index contributed by atoms with van der Waals surface area (Å²) < 4.78 is 0. The molecule has 0 radical (unpaired) electrons. The Hall–Kier alpha value is -1.58. The van der Waals surface area contributed by atoms with E-state index in [0.717, 1.165) is 25.3 Å². The van der Waals surface area contributed by atoms with Gasteiger partial charge in [-0.25, -0.2) is 19.4 Å². The summed E-state index contributed by atoms with van der Waals surface area (Å²) in [6, 6.07) is 0. The molecular formula is C15H24O4. The normalized spacial score (nSPS) is 12.7. The standard InChI is InChI=1S/C15H24O4/c1-5-8-9-13(6-2)11-10-12(4)15(17)19-18-14(16)7-3/h7,10,13H,3,5-6,8-9,11H2,1-2,4H3/b12-10+. The van der Waals surface area contributed by atoms with Gasteiger partial charge < -0.3 is 0 Å². The third-order valence-corrected chi connectivity index (χ3v) is 2.99. The molecule has 0 bridgehead atoms. The number of rotatable bonds is 8. The molecule has 0 heterocycles. The molecule has 0 aliphatic heterocycles. The number of allylic oxidation sites excluding steroid dienone is 1. The molecular weight excluding hydrogens is 244 g/mol. The van der Waals surface area contributed by atoms with Gasteiger partial charge in [0, 0.05) is 11.6 Å². The Bertz CT molecular complexity index is 331. The molecule has 0 aliphatic rings. The summed E-state index contributed by atoms with van der Waals surface area (Å²) in [7, 11) is 0. The maximum atomic E-state index is 11.5. The van der Waals surface area contributed by atoms with Gasteiger partial charge >= 0.3 is 11.9 Å². The lowest BCUT2D eigenvalue weighted by Gasteiger charge is -2.11. The third kappa shape index (κ3) is 8.19. The van der Waals surface area contributed by atoms with Crippen LogP contribution in [0.3, 0.4) is 0 Å². The summed E-state index contributed by atoms with van der Waals surface area (Å²) in [6.45, 7) is 9.16. The maximum Gasteiger partial charge on any atom is 0.381 e. The van der Waals surface area contributed by atoms with Gasteiger partial charge in [0.05, 0.1) is 0 Å². The van der Waals surface area contributed by atoms with Crippen molar-refractivity contribution >= 4 is 11.9 Å². The van der Waals surface area contributed by atoms with Crippen molar-refractivity contribution in [1.82, 2.24) is 0 Å². The Labute approximate surface area is 115 Å². The largest absolute Gasteiger partial charge is 0.381 e. The van der Waals surface area contributed by atoms with Gasteiger partial charge in [0.2, 0.25) is 0 Å². The average molecular weight is 268 g/mol. The summed E-state index contributed by atoms with van der Waals surface area (Å²) in [5, 5.41) is 0. The highest BCUT2D eigenvalue weighted by Gasteiger charge is 2.11. The topological polar surface area (TPSA) is 52.6 Å². The van der Waals surface area contributed by atoms with Crippen molar-refractivity contribution in [3.63, 3.8) is 0 Å². The zero-order valence-electron chi connectivity index (χ0n) is 12.1. The van der Waals surface area contributed by atoms with Crippen molar-refractivity contribution < 1.29 is 19.4 Å². The van der Waals surface area contributed by atoms with Gasteiger partial charge in [0.1, 0.15) is 0 Å². The first-order chi connectivity index (χ1) is 9.04. The van der Waals surface area contributed by atoms with Crippen LogP contribution in [-0.4, -0.2) is 11.9 Å². The van der Waals surface area contributed by atoms with E-state index in [4.69, 9.17) is 0 Å². The molecule has 4 nitrogen and oxygen atoms in total. The second kappa shape index (κ2) is 10.4. The highest BCUT2D eigenvalue weighted by atomic mass is 17.2.